The van der Waals surface area contributed by atoms with E-state index in [1.54, 1.807) is 0 Å². The van der Waals surface area contributed by atoms with Gasteiger partial charge in [-0.05, 0) is 61.2 Å². The van der Waals surface area contributed by atoms with Crippen LogP contribution < -0.4 is 0 Å². The van der Waals surface area contributed by atoms with Gasteiger partial charge in [-0.2, -0.15) is 0 Å². The van der Waals surface area contributed by atoms with Gasteiger partial charge in [0.25, 0.3) is 0 Å². The Kier molecular flexibility index (Phi) is 4.68. The van der Waals surface area contributed by atoms with Gasteiger partial charge in [-0.25, -0.2) is 0 Å². The molecule has 0 aliphatic heterocycles. The fourth-order valence-corrected chi connectivity index (χ4v) is 5.95. The fraction of sp³-hybridized carbons (Fsp3) is 0.900. The summed E-state index contributed by atoms with van der Waals surface area (Å²) in [7, 11) is 0. The van der Waals surface area contributed by atoms with Crippen LogP contribution >= 0.6 is 0 Å². The van der Waals surface area contributed by atoms with E-state index in [4.69, 9.17) is 4.74 Å². The summed E-state index contributed by atoms with van der Waals surface area (Å²) in [5, 5.41) is 18.4. The van der Waals surface area contributed by atoms with E-state index in [0.29, 0.717) is 24.7 Å². The van der Waals surface area contributed by atoms with Crippen LogP contribution in [-0.4, -0.2) is 33.9 Å². The minimum absolute atomic E-state index is 0.00503. The minimum Gasteiger partial charge on any atom is -0.481 e. The standard InChI is InChI=1S/C20H32O5/c1-13-4-5-15-18(2,3)20(15,10-13)25-14-6-8-19(9-7-14,11-16(21)22)12-17(23)24/h13-15H,4-12H2,1-3H3,(H,21,22)(H,23,24). The first-order valence-electron chi connectivity index (χ1n) is 9.72. The Morgan fingerprint density at radius 2 is 1.56 bits per heavy atom. The number of fused-ring (bicyclic) bond motifs is 1. The molecule has 3 aliphatic carbocycles. The van der Waals surface area contributed by atoms with E-state index in [2.05, 4.69) is 20.8 Å². The van der Waals surface area contributed by atoms with Crippen LogP contribution in [0, 0.1) is 22.7 Å². The van der Waals surface area contributed by atoms with Gasteiger partial charge in [-0.3, -0.25) is 9.59 Å². The third kappa shape index (κ3) is 3.32. The second-order valence-corrected chi connectivity index (χ2v) is 9.51. The van der Waals surface area contributed by atoms with Gasteiger partial charge >= 0.3 is 11.9 Å². The molecule has 3 fully saturated rings. The molecule has 0 amide bonds. The smallest absolute Gasteiger partial charge is 0.303 e. The summed E-state index contributed by atoms with van der Waals surface area (Å²) < 4.78 is 6.69. The largest absolute Gasteiger partial charge is 0.481 e. The summed E-state index contributed by atoms with van der Waals surface area (Å²) in [6.45, 7) is 6.94. The maximum atomic E-state index is 11.2. The molecule has 0 bridgehead atoms. The van der Waals surface area contributed by atoms with Gasteiger partial charge in [0.05, 0.1) is 24.5 Å². The van der Waals surface area contributed by atoms with Crippen molar-refractivity contribution in [3.8, 4) is 0 Å². The molecule has 3 aliphatic rings. The van der Waals surface area contributed by atoms with Crippen molar-refractivity contribution in [2.45, 2.75) is 90.3 Å². The quantitative estimate of drug-likeness (QED) is 0.752. The van der Waals surface area contributed by atoms with Gasteiger partial charge in [0.15, 0.2) is 0 Å². The summed E-state index contributed by atoms with van der Waals surface area (Å²) in [4.78, 5) is 22.4. The SMILES string of the molecule is CC1CCC2C(C)(C)C2(OC2CCC(CC(=O)O)(CC(=O)O)CC2)C1. The molecule has 0 aromatic heterocycles. The van der Waals surface area contributed by atoms with Crippen LogP contribution in [0.25, 0.3) is 0 Å². The number of carboxylic acid groups (broad SMARTS) is 2. The maximum absolute atomic E-state index is 11.2. The average molecular weight is 352 g/mol. The number of rotatable bonds is 6. The zero-order chi connectivity index (χ0) is 18.5. The second kappa shape index (κ2) is 6.26. The van der Waals surface area contributed by atoms with Crippen LogP contribution in [0.4, 0.5) is 0 Å². The first kappa shape index (κ1) is 18.7. The first-order chi connectivity index (χ1) is 11.6. The van der Waals surface area contributed by atoms with E-state index >= 15 is 0 Å². The molecule has 25 heavy (non-hydrogen) atoms. The lowest BCUT2D eigenvalue weighted by molar-refractivity contribution is -0.148. The highest BCUT2D eigenvalue weighted by Gasteiger charge is 2.73. The molecule has 3 saturated carbocycles. The molecule has 142 valence electrons. The molecule has 2 N–H and O–H groups in total. The van der Waals surface area contributed by atoms with Crippen molar-refractivity contribution in [1.29, 1.82) is 0 Å². The van der Waals surface area contributed by atoms with E-state index in [-0.39, 0.29) is 30.0 Å². The predicted molar refractivity (Wildman–Crippen MR) is 93.3 cm³/mol. The Labute approximate surface area is 150 Å². The zero-order valence-electron chi connectivity index (χ0n) is 15.7. The van der Waals surface area contributed by atoms with Crippen LogP contribution in [0.5, 0.6) is 0 Å². The van der Waals surface area contributed by atoms with Crippen molar-refractivity contribution in [3.05, 3.63) is 0 Å². The van der Waals surface area contributed by atoms with Crippen molar-refractivity contribution >= 4 is 11.9 Å². The van der Waals surface area contributed by atoms with Crippen LogP contribution in [0.15, 0.2) is 0 Å². The van der Waals surface area contributed by atoms with Crippen LogP contribution in [0.1, 0.15) is 78.6 Å². The van der Waals surface area contributed by atoms with Crippen LogP contribution in [0.2, 0.25) is 0 Å². The molecule has 3 atom stereocenters. The van der Waals surface area contributed by atoms with Gasteiger partial charge < -0.3 is 14.9 Å². The van der Waals surface area contributed by atoms with Gasteiger partial charge in [-0.15, -0.1) is 0 Å². The lowest BCUT2D eigenvalue weighted by Gasteiger charge is -2.41. The van der Waals surface area contributed by atoms with Crippen molar-refractivity contribution in [2.75, 3.05) is 0 Å². The zero-order valence-corrected chi connectivity index (χ0v) is 15.7. The van der Waals surface area contributed by atoms with E-state index in [1.807, 2.05) is 0 Å². The third-order valence-corrected chi connectivity index (χ3v) is 7.46. The van der Waals surface area contributed by atoms with Gasteiger partial charge in [0.1, 0.15) is 0 Å². The molecule has 3 rings (SSSR count). The molecule has 3 unspecified atom stereocenters. The number of hydrogen-bond acceptors (Lipinski definition) is 3. The highest BCUT2D eigenvalue weighted by Crippen LogP contribution is 2.71. The Morgan fingerprint density at radius 3 is 2.08 bits per heavy atom. The number of carboxylic acids is 2. The third-order valence-electron chi connectivity index (χ3n) is 7.46. The molecule has 0 radical (unpaired) electrons. The van der Waals surface area contributed by atoms with E-state index in [9.17, 15) is 19.8 Å². The van der Waals surface area contributed by atoms with Crippen LogP contribution in [0.3, 0.4) is 0 Å². The molecule has 0 aromatic carbocycles. The molecular formula is C20H32O5. The molecule has 0 saturated heterocycles. The van der Waals surface area contributed by atoms with Crippen molar-refractivity contribution in [2.24, 2.45) is 22.7 Å². The summed E-state index contributed by atoms with van der Waals surface area (Å²) >= 11 is 0. The number of aliphatic carboxylic acids is 2. The summed E-state index contributed by atoms with van der Waals surface area (Å²) in [6, 6.07) is 0. The van der Waals surface area contributed by atoms with Gasteiger partial charge in [0, 0.05) is 0 Å². The minimum atomic E-state index is -0.899. The molecule has 5 nitrogen and oxygen atoms in total. The Bertz CT molecular complexity index is 528. The Balaban J connectivity index is 1.64. The molecule has 0 heterocycles. The second-order valence-electron chi connectivity index (χ2n) is 9.51. The average Bonchev–Trinajstić information content (AvgIpc) is 2.94. The lowest BCUT2D eigenvalue weighted by atomic mass is 9.69. The molecule has 5 heteroatoms. The topological polar surface area (TPSA) is 83.8 Å². The van der Waals surface area contributed by atoms with Crippen molar-refractivity contribution in [3.63, 3.8) is 0 Å². The van der Waals surface area contributed by atoms with Gasteiger partial charge in [0.2, 0.25) is 0 Å². The Hall–Kier alpha value is -1.10. The predicted octanol–water partition coefficient (Wildman–Crippen LogP) is 4.10. The molecule has 0 spiro atoms. The molecule has 0 aromatic rings. The van der Waals surface area contributed by atoms with Crippen LogP contribution in [-0.2, 0) is 14.3 Å². The number of hydrogen-bond donors (Lipinski definition) is 2. The highest BCUT2D eigenvalue weighted by molar-refractivity contribution is 5.72. The number of carbonyl (C=O) groups is 2. The normalized spacial score (nSPS) is 36.4. The van der Waals surface area contributed by atoms with Gasteiger partial charge in [-0.1, -0.05) is 27.2 Å². The number of ether oxygens (including phenoxy) is 1. The lowest BCUT2D eigenvalue weighted by Crippen LogP contribution is -2.39. The highest BCUT2D eigenvalue weighted by atomic mass is 16.5. The van der Waals surface area contributed by atoms with E-state index in [1.165, 1.54) is 12.8 Å². The Morgan fingerprint density at radius 1 is 1.00 bits per heavy atom. The first-order valence-corrected chi connectivity index (χ1v) is 9.72. The monoisotopic (exact) mass is 352 g/mol. The molecular weight excluding hydrogens is 320 g/mol. The van der Waals surface area contributed by atoms with E-state index < -0.39 is 17.4 Å². The van der Waals surface area contributed by atoms with Crippen molar-refractivity contribution < 1.29 is 24.5 Å². The summed E-state index contributed by atoms with van der Waals surface area (Å²) in [5.41, 5.74) is -0.378. The van der Waals surface area contributed by atoms with E-state index in [0.717, 1.165) is 19.3 Å². The maximum Gasteiger partial charge on any atom is 0.303 e. The summed E-state index contributed by atoms with van der Waals surface area (Å²) in [6.07, 6.45) is 6.50. The summed E-state index contributed by atoms with van der Waals surface area (Å²) in [5.74, 6) is -0.465. The fourth-order valence-electron chi connectivity index (χ4n) is 5.95. The van der Waals surface area contributed by atoms with Crippen molar-refractivity contribution in [1.82, 2.24) is 0 Å².